The number of benzene rings is 1. The van der Waals surface area contributed by atoms with Gasteiger partial charge in [0.25, 0.3) is 11.5 Å². The van der Waals surface area contributed by atoms with Crippen molar-refractivity contribution < 1.29 is 30.0 Å². The maximum absolute atomic E-state index is 14.1. The normalized spacial score (nSPS) is 13.0. The van der Waals surface area contributed by atoms with Crippen LogP contribution in [0.5, 0.6) is 0 Å². The monoisotopic (exact) mass is 624 g/mol. The second-order valence-electron chi connectivity index (χ2n) is 10.3. The predicted molar refractivity (Wildman–Crippen MR) is 166 cm³/mol. The van der Waals surface area contributed by atoms with Gasteiger partial charge in [-0.1, -0.05) is 24.0 Å². The number of aryl methyl sites for hydroxylation is 1. The quantitative estimate of drug-likeness (QED) is 0.0722. The van der Waals surface area contributed by atoms with Crippen LogP contribution in [0.2, 0.25) is 0 Å². The fraction of sp³-hybridized carbons (Fsp3) is 0.161. The van der Waals surface area contributed by atoms with Gasteiger partial charge in [0.05, 0.1) is 34.6 Å². The highest BCUT2D eigenvalue weighted by atomic mass is 16.4. The van der Waals surface area contributed by atoms with Crippen molar-refractivity contribution in [1.29, 1.82) is 0 Å². The summed E-state index contributed by atoms with van der Waals surface area (Å²) in [5.41, 5.74) is 6.67. The molecule has 5 aromatic rings. The summed E-state index contributed by atoms with van der Waals surface area (Å²) in [4.78, 5) is 45.4. The first-order chi connectivity index (χ1) is 21.8. The van der Waals surface area contributed by atoms with Crippen LogP contribution in [0.3, 0.4) is 0 Å². The number of nitrogen functional groups attached to an aromatic ring is 1. The number of fused-ring (bicyclic) bond motifs is 2. The van der Waals surface area contributed by atoms with E-state index in [2.05, 4.69) is 32.3 Å². The maximum Gasteiger partial charge on any atom is 0.304 e. The number of hydrogen-bond donors (Lipinski definition) is 6. The average Bonchev–Trinajstić information content (AvgIpc) is 3.54. The van der Waals surface area contributed by atoms with E-state index in [-0.39, 0.29) is 33.7 Å². The molecule has 0 fully saturated rings. The van der Waals surface area contributed by atoms with Crippen molar-refractivity contribution in [2.24, 2.45) is 7.05 Å². The first-order valence-corrected chi connectivity index (χ1v) is 13.7. The molecule has 0 spiro atoms. The standard InChI is InChI=1S/C31H28N8O7/c1-15(35-29(44)23-27(32)36-38-12-6-11-33-28(23)38)21-13-19-8-5-7-18(9-10-20-14-34-37(4)16(20)2)22(19)30(45)39(21)31(46)26(43)25(42)24(41)17(3)40/h5-8,11-15,40-43H,1-4H3,(H2,32,36)(H,35,44)/b24-17?,26-25-. The summed E-state index contributed by atoms with van der Waals surface area (Å²) in [5, 5.41) is 51.8. The molecule has 1 amide bonds. The van der Waals surface area contributed by atoms with Crippen molar-refractivity contribution >= 4 is 34.1 Å². The lowest BCUT2D eigenvalue weighted by atomic mass is 10.0. The molecular formula is C31H28N8O7. The number of amides is 1. The number of rotatable bonds is 5. The summed E-state index contributed by atoms with van der Waals surface area (Å²) in [6.45, 7) is 4.30. The minimum atomic E-state index is -1.46. The van der Waals surface area contributed by atoms with Crippen LogP contribution in [-0.2, 0) is 7.05 Å². The Morgan fingerprint density at radius 2 is 1.76 bits per heavy atom. The Balaban J connectivity index is 1.70. The molecule has 0 aliphatic heterocycles. The van der Waals surface area contributed by atoms with Crippen molar-refractivity contribution in [1.82, 2.24) is 34.3 Å². The van der Waals surface area contributed by atoms with Gasteiger partial charge in [-0.3, -0.25) is 19.1 Å². The van der Waals surface area contributed by atoms with E-state index in [1.54, 1.807) is 48.4 Å². The third kappa shape index (κ3) is 5.35. The van der Waals surface area contributed by atoms with Crippen LogP contribution >= 0.6 is 0 Å². The van der Waals surface area contributed by atoms with E-state index in [0.29, 0.717) is 15.5 Å². The maximum atomic E-state index is 14.1. The minimum absolute atomic E-state index is 0.00589. The number of hydrogen-bond acceptors (Lipinski definition) is 11. The van der Waals surface area contributed by atoms with E-state index in [0.717, 1.165) is 12.6 Å². The number of anilines is 1. The number of pyridine rings is 1. The van der Waals surface area contributed by atoms with Crippen LogP contribution < -0.4 is 16.6 Å². The summed E-state index contributed by atoms with van der Waals surface area (Å²) in [7, 11) is 1.76. The number of aromatic nitrogens is 6. The number of nitrogens with two attached hydrogens (primary N) is 1. The van der Waals surface area contributed by atoms with Gasteiger partial charge in [0, 0.05) is 25.0 Å². The molecule has 4 aromatic heterocycles. The minimum Gasteiger partial charge on any atom is -0.509 e. The van der Waals surface area contributed by atoms with Gasteiger partial charge in [-0.05, 0) is 44.4 Å². The van der Waals surface area contributed by atoms with Crippen LogP contribution in [0.1, 0.15) is 57.6 Å². The second-order valence-corrected chi connectivity index (χ2v) is 10.3. The van der Waals surface area contributed by atoms with E-state index < -0.39 is 46.5 Å². The highest BCUT2D eigenvalue weighted by molar-refractivity contribution is 6.04. The van der Waals surface area contributed by atoms with Gasteiger partial charge in [0.1, 0.15) is 11.3 Å². The van der Waals surface area contributed by atoms with Crippen LogP contribution in [0, 0.1) is 18.8 Å². The second kappa shape index (κ2) is 11.8. The third-order valence-corrected chi connectivity index (χ3v) is 7.28. The molecule has 5 rings (SSSR count). The smallest absolute Gasteiger partial charge is 0.304 e. The predicted octanol–water partition coefficient (Wildman–Crippen LogP) is 2.87. The highest BCUT2D eigenvalue weighted by Crippen LogP contribution is 2.24. The highest BCUT2D eigenvalue weighted by Gasteiger charge is 2.28. The molecular weight excluding hydrogens is 596 g/mol. The van der Waals surface area contributed by atoms with Gasteiger partial charge in [-0.25, -0.2) is 14.1 Å². The summed E-state index contributed by atoms with van der Waals surface area (Å²) in [5.74, 6) is -1.19. The Morgan fingerprint density at radius 3 is 2.43 bits per heavy atom. The van der Waals surface area contributed by atoms with Crippen molar-refractivity contribution in [3.8, 4) is 11.8 Å². The zero-order chi connectivity index (χ0) is 33.4. The summed E-state index contributed by atoms with van der Waals surface area (Å²) in [6.07, 6.45) is 4.57. The largest absolute Gasteiger partial charge is 0.509 e. The number of allylic oxidation sites excluding steroid dienone is 2. The van der Waals surface area contributed by atoms with Gasteiger partial charge in [0.2, 0.25) is 11.5 Å². The first kappa shape index (κ1) is 30.9. The topological polar surface area (TPSA) is 223 Å². The lowest BCUT2D eigenvalue weighted by Crippen LogP contribution is -2.37. The fourth-order valence-corrected chi connectivity index (χ4v) is 4.73. The van der Waals surface area contributed by atoms with E-state index in [9.17, 15) is 34.8 Å². The molecule has 0 bridgehead atoms. The zero-order valence-electron chi connectivity index (χ0n) is 25.0. The molecule has 234 valence electrons. The lowest BCUT2D eigenvalue weighted by molar-refractivity contribution is 0.0864. The molecule has 0 radical (unpaired) electrons. The van der Waals surface area contributed by atoms with Crippen molar-refractivity contribution in [3.05, 3.63) is 110 Å². The van der Waals surface area contributed by atoms with Crippen molar-refractivity contribution in [2.75, 3.05) is 5.73 Å². The molecule has 1 atom stereocenters. The molecule has 1 unspecified atom stereocenters. The molecule has 46 heavy (non-hydrogen) atoms. The molecule has 0 aliphatic rings. The van der Waals surface area contributed by atoms with Gasteiger partial charge in [-0.2, -0.15) is 5.10 Å². The Morgan fingerprint density at radius 1 is 1.04 bits per heavy atom. The summed E-state index contributed by atoms with van der Waals surface area (Å²) >= 11 is 0. The van der Waals surface area contributed by atoms with Crippen molar-refractivity contribution in [3.63, 3.8) is 0 Å². The van der Waals surface area contributed by atoms with Gasteiger partial charge < -0.3 is 31.5 Å². The molecule has 1 aromatic carbocycles. The zero-order valence-corrected chi connectivity index (χ0v) is 25.0. The van der Waals surface area contributed by atoms with E-state index >= 15 is 0 Å². The van der Waals surface area contributed by atoms with Crippen LogP contribution in [0.15, 0.2) is 76.8 Å². The number of aliphatic hydroxyl groups is 4. The van der Waals surface area contributed by atoms with Crippen LogP contribution in [0.4, 0.5) is 5.82 Å². The number of nitrogens with one attached hydrogen (secondary N) is 1. The van der Waals surface area contributed by atoms with Crippen LogP contribution in [-0.4, -0.2) is 61.2 Å². The molecule has 7 N–H and O–H groups in total. The molecule has 0 aliphatic carbocycles. The van der Waals surface area contributed by atoms with E-state index in [4.69, 9.17) is 5.73 Å². The van der Waals surface area contributed by atoms with Crippen molar-refractivity contribution in [2.45, 2.75) is 26.8 Å². The first-order valence-electron chi connectivity index (χ1n) is 13.7. The Bertz CT molecular complexity index is 2260. The molecule has 0 saturated carbocycles. The summed E-state index contributed by atoms with van der Waals surface area (Å²) in [6, 6.07) is 6.77. The Kier molecular flexibility index (Phi) is 7.95. The van der Waals surface area contributed by atoms with E-state index in [1.165, 1.54) is 23.7 Å². The van der Waals surface area contributed by atoms with Gasteiger partial charge >= 0.3 is 5.91 Å². The van der Waals surface area contributed by atoms with Gasteiger partial charge in [-0.15, -0.1) is 5.10 Å². The molecule has 15 heteroatoms. The lowest BCUT2D eigenvalue weighted by Gasteiger charge is -2.20. The van der Waals surface area contributed by atoms with E-state index in [1.807, 2.05) is 6.92 Å². The number of carbonyl (C=O) groups excluding carboxylic acids is 2. The average molecular weight is 625 g/mol. The Hall–Kier alpha value is -6.56. The summed E-state index contributed by atoms with van der Waals surface area (Å²) < 4.78 is 3.49. The number of aliphatic hydroxyl groups excluding tert-OH is 4. The molecule has 4 heterocycles. The molecule has 15 nitrogen and oxygen atoms in total. The fourth-order valence-electron chi connectivity index (χ4n) is 4.73. The van der Waals surface area contributed by atoms with Crippen LogP contribution in [0.25, 0.3) is 16.4 Å². The third-order valence-electron chi connectivity index (χ3n) is 7.28. The molecule has 0 saturated heterocycles. The number of carbonyl (C=O) groups is 2. The SMILES string of the molecule is CC(O)=C(O)/C(O)=C(/O)C(=O)n1c(C(C)NC(=O)c2c(N)nn3cccnc23)cc2cccc(C#Cc3cnn(C)c3C)c2c1=O. The van der Waals surface area contributed by atoms with Gasteiger partial charge in [0.15, 0.2) is 17.2 Å². The Labute approximate surface area is 260 Å². The number of nitrogens with zero attached hydrogens (tertiary/aromatic N) is 6.